The molecule has 3 heteroatoms. The molecule has 2 rings (SSSR count). The number of para-hydroxylation sites is 1. The molecule has 1 aromatic carbocycles. The van der Waals surface area contributed by atoms with Crippen LogP contribution in [0.2, 0.25) is 0 Å². The first-order valence-corrected chi connectivity index (χ1v) is 6.96. The van der Waals surface area contributed by atoms with E-state index >= 15 is 0 Å². The van der Waals surface area contributed by atoms with Gasteiger partial charge in [0.1, 0.15) is 0 Å². The van der Waals surface area contributed by atoms with Gasteiger partial charge in [0.25, 0.3) is 0 Å². The molecule has 0 spiro atoms. The fraction of sp³-hybridized carbons (Fsp3) is 0.600. The monoisotopic (exact) mass is 248 g/mol. The highest BCUT2D eigenvalue weighted by Crippen LogP contribution is 2.22. The number of rotatable bonds is 5. The minimum atomic E-state index is 0.329. The van der Waals surface area contributed by atoms with Gasteiger partial charge in [-0.25, -0.2) is 0 Å². The Morgan fingerprint density at radius 2 is 2.22 bits per heavy atom. The second kappa shape index (κ2) is 6.76. The van der Waals surface area contributed by atoms with Crippen LogP contribution in [-0.4, -0.2) is 32.3 Å². The van der Waals surface area contributed by atoms with Crippen LogP contribution in [0.15, 0.2) is 24.3 Å². The maximum Gasteiger partial charge on any atom is 0.0722 e. The van der Waals surface area contributed by atoms with Crippen LogP contribution in [0.25, 0.3) is 0 Å². The van der Waals surface area contributed by atoms with E-state index in [1.807, 2.05) is 0 Å². The van der Waals surface area contributed by atoms with Gasteiger partial charge in [0.05, 0.1) is 12.7 Å². The zero-order valence-corrected chi connectivity index (χ0v) is 11.5. The Morgan fingerprint density at radius 1 is 1.39 bits per heavy atom. The summed E-state index contributed by atoms with van der Waals surface area (Å²) in [6.07, 6.45) is 1.51. The van der Waals surface area contributed by atoms with Gasteiger partial charge in [-0.05, 0) is 31.5 Å². The molecule has 18 heavy (non-hydrogen) atoms. The number of nitrogens with zero attached hydrogens (tertiary/aromatic N) is 1. The van der Waals surface area contributed by atoms with Gasteiger partial charge in [0, 0.05) is 25.3 Å². The standard InChI is InChI=1S/C15H24N2O/c1-3-8-16-11-14-6-4-5-7-15(14)17-9-10-18-13(2)12-17/h4-7,13,16H,3,8-12H2,1-2H3. The molecule has 1 aromatic rings. The van der Waals surface area contributed by atoms with Crippen molar-refractivity contribution in [2.45, 2.75) is 32.9 Å². The van der Waals surface area contributed by atoms with E-state index in [0.29, 0.717) is 6.10 Å². The summed E-state index contributed by atoms with van der Waals surface area (Å²) in [5.41, 5.74) is 2.75. The van der Waals surface area contributed by atoms with Gasteiger partial charge in [-0.3, -0.25) is 0 Å². The van der Waals surface area contributed by atoms with Crippen molar-refractivity contribution in [2.24, 2.45) is 0 Å². The van der Waals surface area contributed by atoms with Gasteiger partial charge in [-0.1, -0.05) is 25.1 Å². The Bertz CT molecular complexity index is 367. The van der Waals surface area contributed by atoms with Gasteiger partial charge < -0.3 is 15.0 Å². The number of anilines is 1. The van der Waals surface area contributed by atoms with E-state index in [-0.39, 0.29) is 0 Å². The average molecular weight is 248 g/mol. The minimum absolute atomic E-state index is 0.329. The highest BCUT2D eigenvalue weighted by atomic mass is 16.5. The Labute approximate surface area is 110 Å². The van der Waals surface area contributed by atoms with Crippen LogP contribution < -0.4 is 10.2 Å². The van der Waals surface area contributed by atoms with Crippen LogP contribution in [0.5, 0.6) is 0 Å². The predicted octanol–water partition coefficient (Wildman–Crippen LogP) is 2.41. The quantitative estimate of drug-likeness (QED) is 0.810. The summed E-state index contributed by atoms with van der Waals surface area (Å²) in [6.45, 7) is 9.19. The maximum atomic E-state index is 5.61. The third-order valence-corrected chi connectivity index (χ3v) is 3.32. The molecular formula is C15H24N2O. The minimum Gasteiger partial charge on any atom is -0.375 e. The second-order valence-electron chi connectivity index (χ2n) is 4.93. The zero-order chi connectivity index (χ0) is 12.8. The van der Waals surface area contributed by atoms with Crippen molar-refractivity contribution in [3.63, 3.8) is 0 Å². The molecule has 1 atom stereocenters. The lowest BCUT2D eigenvalue weighted by Gasteiger charge is -2.34. The normalized spacial score (nSPS) is 20.1. The number of nitrogens with one attached hydrogen (secondary N) is 1. The number of hydrogen-bond donors (Lipinski definition) is 1. The van der Waals surface area contributed by atoms with Crippen LogP contribution in [0, 0.1) is 0 Å². The third kappa shape index (κ3) is 3.47. The number of morpholine rings is 1. The van der Waals surface area contributed by atoms with Crippen LogP contribution in [0.3, 0.4) is 0 Å². The number of hydrogen-bond acceptors (Lipinski definition) is 3. The van der Waals surface area contributed by atoms with Crippen molar-refractivity contribution < 1.29 is 4.74 Å². The molecule has 3 nitrogen and oxygen atoms in total. The van der Waals surface area contributed by atoms with E-state index < -0.39 is 0 Å². The molecular weight excluding hydrogens is 224 g/mol. The molecule has 1 saturated heterocycles. The summed E-state index contributed by atoms with van der Waals surface area (Å²) < 4.78 is 5.61. The van der Waals surface area contributed by atoms with Crippen molar-refractivity contribution in [3.8, 4) is 0 Å². The van der Waals surface area contributed by atoms with Crippen molar-refractivity contribution in [1.29, 1.82) is 0 Å². The Morgan fingerprint density at radius 3 is 3.00 bits per heavy atom. The highest BCUT2D eigenvalue weighted by Gasteiger charge is 2.18. The van der Waals surface area contributed by atoms with Crippen LogP contribution in [-0.2, 0) is 11.3 Å². The smallest absolute Gasteiger partial charge is 0.0722 e. The first-order valence-electron chi connectivity index (χ1n) is 6.96. The lowest BCUT2D eigenvalue weighted by Crippen LogP contribution is -2.41. The number of benzene rings is 1. The summed E-state index contributed by atoms with van der Waals surface area (Å²) in [6, 6.07) is 8.69. The molecule has 0 radical (unpaired) electrons. The van der Waals surface area contributed by atoms with Crippen molar-refractivity contribution in [3.05, 3.63) is 29.8 Å². The van der Waals surface area contributed by atoms with Crippen LogP contribution >= 0.6 is 0 Å². The Hall–Kier alpha value is -1.06. The van der Waals surface area contributed by atoms with Gasteiger partial charge in [-0.2, -0.15) is 0 Å². The summed E-state index contributed by atoms with van der Waals surface area (Å²) in [7, 11) is 0. The number of ether oxygens (including phenoxy) is 1. The van der Waals surface area contributed by atoms with E-state index in [4.69, 9.17) is 4.74 Å². The summed E-state index contributed by atoms with van der Waals surface area (Å²) in [4.78, 5) is 2.44. The van der Waals surface area contributed by atoms with Crippen molar-refractivity contribution in [1.82, 2.24) is 5.32 Å². The summed E-state index contributed by atoms with van der Waals surface area (Å²) >= 11 is 0. The first-order chi connectivity index (χ1) is 8.81. The fourth-order valence-electron chi connectivity index (χ4n) is 2.41. The lowest BCUT2D eigenvalue weighted by atomic mass is 10.1. The van der Waals surface area contributed by atoms with E-state index in [1.54, 1.807) is 0 Å². The SMILES string of the molecule is CCCNCc1ccccc1N1CCOC(C)C1. The molecule has 1 unspecified atom stereocenters. The first kappa shape index (κ1) is 13.4. The van der Waals surface area contributed by atoms with Crippen LogP contribution in [0.1, 0.15) is 25.8 Å². The fourth-order valence-corrected chi connectivity index (χ4v) is 2.41. The van der Waals surface area contributed by atoms with Crippen LogP contribution in [0.4, 0.5) is 5.69 Å². The maximum absolute atomic E-state index is 5.61. The summed E-state index contributed by atoms with van der Waals surface area (Å²) in [5.74, 6) is 0. The molecule has 0 bridgehead atoms. The van der Waals surface area contributed by atoms with E-state index in [0.717, 1.165) is 32.8 Å². The second-order valence-corrected chi connectivity index (χ2v) is 4.93. The molecule has 0 aliphatic carbocycles. The molecule has 1 N–H and O–H groups in total. The van der Waals surface area contributed by atoms with Gasteiger partial charge >= 0.3 is 0 Å². The Balaban J connectivity index is 2.06. The molecule has 0 amide bonds. The molecule has 0 aromatic heterocycles. The molecule has 1 fully saturated rings. The molecule has 1 heterocycles. The average Bonchev–Trinajstić information content (AvgIpc) is 2.40. The third-order valence-electron chi connectivity index (χ3n) is 3.32. The molecule has 1 aliphatic rings. The van der Waals surface area contributed by atoms with Gasteiger partial charge in [0.2, 0.25) is 0 Å². The molecule has 100 valence electrons. The predicted molar refractivity (Wildman–Crippen MR) is 76.1 cm³/mol. The van der Waals surface area contributed by atoms with Crippen molar-refractivity contribution in [2.75, 3.05) is 31.1 Å². The van der Waals surface area contributed by atoms with Gasteiger partial charge in [0.15, 0.2) is 0 Å². The van der Waals surface area contributed by atoms with E-state index in [2.05, 4.69) is 48.3 Å². The Kier molecular flexibility index (Phi) is 5.02. The van der Waals surface area contributed by atoms with Crippen molar-refractivity contribution >= 4 is 5.69 Å². The highest BCUT2D eigenvalue weighted by molar-refractivity contribution is 5.54. The largest absolute Gasteiger partial charge is 0.375 e. The summed E-state index contributed by atoms with van der Waals surface area (Å²) in [5, 5.41) is 3.48. The zero-order valence-electron chi connectivity index (χ0n) is 11.5. The molecule has 1 aliphatic heterocycles. The topological polar surface area (TPSA) is 24.5 Å². The van der Waals surface area contributed by atoms with Gasteiger partial charge in [-0.15, -0.1) is 0 Å². The van der Waals surface area contributed by atoms with E-state index in [9.17, 15) is 0 Å². The van der Waals surface area contributed by atoms with E-state index in [1.165, 1.54) is 17.7 Å². The molecule has 0 saturated carbocycles. The lowest BCUT2D eigenvalue weighted by molar-refractivity contribution is 0.0531.